The minimum Gasteiger partial charge on any atom is -0.378 e. The van der Waals surface area contributed by atoms with Crippen molar-refractivity contribution in [3.05, 3.63) is 71.3 Å². The van der Waals surface area contributed by atoms with Crippen LogP contribution in [0.25, 0.3) is 6.08 Å². The Morgan fingerprint density at radius 1 is 1.00 bits per heavy atom. The van der Waals surface area contributed by atoms with E-state index in [1.807, 2.05) is 50.5 Å². The molecule has 3 heteroatoms. The van der Waals surface area contributed by atoms with Crippen LogP contribution < -0.4 is 10.2 Å². The molecule has 132 valence electrons. The van der Waals surface area contributed by atoms with Gasteiger partial charge < -0.3 is 10.2 Å². The SMILES string of the molecule is CN(C)c1ccc(CNC(=O)c2ccc(/C=C/C(C)(C)C)cc2)cc1. The topological polar surface area (TPSA) is 32.3 Å². The number of allylic oxidation sites excluding steroid dienone is 1. The standard InChI is InChI=1S/C22H28N2O/c1-22(2,3)15-14-17-6-10-19(11-7-17)21(25)23-16-18-8-12-20(13-9-18)24(4)5/h6-15H,16H2,1-5H3,(H,23,25)/b15-14+. The summed E-state index contributed by atoms with van der Waals surface area (Å²) >= 11 is 0. The van der Waals surface area contributed by atoms with Gasteiger partial charge in [-0.2, -0.15) is 0 Å². The van der Waals surface area contributed by atoms with Crippen LogP contribution in [0.2, 0.25) is 0 Å². The van der Waals surface area contributed by atoms with Gasteiger partial charge in [-0.25, -0.2) is 0 Å². The maximum Gasteiger partial charge on any atom is 0.251 e. The Morgan fingerprint density at radius 2 is 1.60 bits per heavy atom. The average Bonchev–Trinajstić information content (AvgIpc) is 2.58. The van der Waals surface area contributed by atoms with E-state index in [1.54, 1.807) is 0 Å². The zero-order valence-corrected chi connectivity index (χ0v) is 15.8. The lowest BCUT2D eigenvalue weighted by Crippen LogP contribution is -2.22. The molecule has 0 spiro atoms. The largest absolute Gasteiger partial charge is 0.378 e. The molecule has 0 aliphatic carbocycles. The summed E-state index contributed by atoms with van der Waals surface area (Å²) in [4.78, 5) is 14.3. The summed E-state index contributed by atoms with van der Waals surface area (Å²) in [7, 11) is 4.02. The summed E-state index contributed by atoms with van der Waals surface area (Å²) in [6.07, 6.45) is 4.26. The molecular formula is C22H28N2O. The Morgan fingerprint density at radius 3 is 2.12 bits per heavy atom. The van der Waals surface area contributed by atoms with Crippen LogP contribution in [-0.2, 0) is 6.54 Å². The van der Waals surface area contributed by atoms with Crippen LogP contribution in [0.4, 0.5) is 5.69 Å². The third-order valence-corrected chi connectivity index (χ3v) is 3.85. The highest BCUT2D eigenvalue weighted by Gasteiger charge is 2.06. The van der Waals surface area contributed by atoms with E-state index in [2.05, 4.69) is 55.3 Å². The lowest BCUT2D eigenvalue weighted by molar-refractivity contribution is 0.0951. The van der Waals surface area contributed by atoms with Crippen LogP contribution in [-0.4, -0.2) is 20.0 Å². The summed E-state index contributed by atoms with van der Waals surface area (Å²) < 4.78 is 0. The number of nitrogens with one attached hydrogen (secondary N) is 1. The van der Waals surface area contributed by atoms with Gasteiger partial charge in [0.05, 0.1) is 0 Å². The molecule has 0 atom stereocenters. The molecule has 0 aromatic heterocycles. The Bertz CT molecular complexity index is 720. The van der Waals surface area contributed by atoms with Crippen molar-refractivity contribution < 1.29 is 4.79 Å². The first kappa shape index (κ1) is 18.8. The molecular weight excluding hydrogens is 308 g/mol. The second-order valence-corrected chi connectivity index (χ2v) is 7.56. The molecule has 25 heavy (non-hydrogen) atoms. The lowest BCUT2D eigenvalue weighted by Gasteiger charge is -2.13. The molecule has 2 aromatic rings. The molecule has 0 saturated carbocycles. The molecule has 0 unspecified atom stereocenters. The summed E-state index contributed by atoms with van der Waals surface area (Å²) in [5, 5.41) is 2.97. The predicted octanol–water partition coefficient (Wildman–Crippen LogP) is 4.74. The highest BCUT2D eigenvalue weighted by atomic mass is 16.1. The zero-order valence-electron chi connectivity index (χ0n) is 15.8. The fourth-order valence-electron chi connectivity index (χ4n) is 2.29. The minimum atomic E-state index is -0.0527. The van der Waals surface area contributed by atoms with Crippen LogP contribution in [0.3, 0.4) is 0 Å². The van der Waals surface area contributed by atoms with Crippen molar-refractivity contribution >= 4 is 17.7 Å². The highest BCUT2D eigenvalue weighted by Crippen LogP contribution is 2.17. The smallest absolute Gasteiger partial charge is 0.251 e. The van der Waals surface area contributed by atoms with E-state index in [4.69, 9.17) is 0 Å². The van der Waals surface area contributed by atoms with E-state index in [1.165, 1.54) is 0 Å². The number of carbonyl (C=O) groups excluding carboxylic acids is 1. The van der Waals surface area contributed by atoms with E-state index in [-0.39, 0.29) is 11.3 Å². The molecule has 0 aliphatic heterocycles. The van der Waals surface area contributed by atoms with Gasteiger partial charge in [0.15, 0.2) is 0 Å². The van der Waals surface area contributed by atoms with Crippen molar-refractivity contribution in [3.63, 3.8) is 0 Å². The third kappa shape index (κ3) is 6.11. The van der Waals surface area contributed by atoms with Crippen molar-refractivity contribution in [3.8, 4) is 0 Å². The van der Waals surface area contributed by atoms with Gasteiger partial charge in [0, 0.05) is 31.9 Å². The van der Waals surface area contributed by atoms with Gasteiger partial charge in [0.1, 0.15) is 0 Å². The number of amides is 1. The molecule has 2 rings (SSSR count). The Hall–Kier alpha value is -2.55. The first-order valence-electron chi connectivity index (χ1n) is 8.58. The minimum absolute atomic E-state index is 0.0527. The first-order chi connectivity index (χ1) is 11.7. The average molecular weight is 336 g/mol. The Balaban J connectivity index is 1.93. The molecule has 3 nitrogen and oxygen atoms in total. The maximum absolute atomic E-state index is 12.3. The second-order valence-electron chi connectivity index (χ2n) is 7.56. The zero-order chi connectivity index (χ0) is 18.4. The lowest BCUT2D eigenvalue weighted by atomic mass is 9.95. The van der Waals surface area contributed by atoms with Gasteiger partial charge in [0.2, 0.25) is 0 Å². The number of rotatable bonds is 5. The van der Waals surface area contributed by atoms with Crippen molar-refractivity contribution in [2.45, 2.75) is 27.3 Å². The van der Waals surface area contributed by atoms with E-state index in [0.717, 1.165) is 16.8 Å². The molecule has 0 radical (unpaired) electrons. The van der Waals surface area contributed by atoms with Crippen molar-refractivity contribution in [1.82, 2.24) is 5.32 Å². The van der Waals surface area contributed by atoms with Gasteiger partial charge in [-0.15, -0.1) is 0 Å². The van der Waals surface area contributed by atoms with Crippen LogP contribution >= 0.6 is 0 Å². The molecule has 0 fully saturated rings. The molecule has 0 aliphatic rings. The van der Waals surface area contributed by atoms with Crippen molar-refractivity contribution in [1.29, 1.82) is 0 Å². The number of carbonyl (C=O) groups is 1. The normalized spacial score (nSPS) is 11.6. The Labute approximate surface area is 151 Å². The molecule has 1 amide bonds. The Kier molecular flexibility index (Phi) is 6.02. The van der Waals surface area contributed by atoms with Gasteiger partial charge in [-0.1, -0.05) is 57.2 Å². The van der Waals surface area contributed by atoms with Gasteiger partial charge in [-0.3, -0.25) is 4.79 Å². The molecule has 0 bridgehead atoms. The number of nitrogens with zero attached hydrogens (tertiary/aromatic N) is 1. The summed E-state index contributed by atoms with van der Waals surface area (Å²) in [5.41, 5.74) is 4.17. The third-order valence-electron chi connectivity index (χ3n) is 3.85. The van der Waals surface area contributed by atoms with Crippen molar-refractivity contribution in [2.75, 3.05) is 19.0 Å². The van der Waals surface area contributed by atoms with Crippen LogP contribution in [0, 0.1) is 5.41 Å². The van der Waals surface area contributed by atoms with Crippen LogP contribution in [0.1, 0.15) is 42.3 Å². The number of hydrogen-bond donors (Lipinski definition) is 1. The predicted molar refractivity (Wildman–Crippen MR) is 107 cm³/mol. The van der Waals surface area contributed by atoms with Gasteiger partial charge >= 0.3 is 0 Å². The number of benzene rings is 2. The first-order valence-corrected chi connectivity index (χ1v) is 8.58. The highest BCUT2D eigenvalue weighted by molar-refractivity contribution is 5.94. The maximum atomic E-state index is 12.3. The monoisotopic (exact) mass is 336 g/mol. The van der Waals surface area contributed by atoms with E-state index >= 15 is 0 Å². The number of hydrogen-bond acceptors (Lipinski definition) is 2. The summed E-state index contributed by atoms with van der Waals surface area (Å²) in [6, 6.07) is 15.9. The van der Waals surface area contributed by atoms with Crippen LogP contribution in [0.5, 0.6) is 0 Å². The van der Waals surface area contributed by atoms with E-state index < -0.39 is 0 Å². The summed E-state index contributed by atoms with van der Waals surface area (Å²) in [5.74, 6) is -0.0527. The molecule has 2 aromatic carbocycles. The molecule has 0 saturated heterocycles. The van der Waals surface area contributed by atoms with Crippen molar-refractivity contribution in [2.24, 2.45) is 5.41 Å². The molecule has 1 N–H and O–H groups in total. The number of anilines is 1. The quantitative estimate of drug-likeness (QED) is 0.855. The van der Waals surface area contributed by atoms with Gasteiger partial charge in [0.25, 0.3) is 5.91 Å². The van der Waals surface area contributed by atoms with E-state index in [9.17, 15) is 4.79 Å². The van der Waals surface area contributed by atoms with Gasteiger partial charge in [-0.05, 0) is 40.8 Å². The summed E-state index contributed by atoms with van der Waals surface area (Å²) in [6.45, 7) is 7.02. The fraction of sp³-hybridized carbons (Fsp3) is 0.318. The molecule has 0 heterocycles. The van der Waals surface area contributed by atoms with E-state index in [0.29, 0.717) is 12.1 Å². The van der Waals surface area contributed by atoms with Crippen LogP contribution in [0.15, 0.2) is 54.6 Å². The second kappa shape index (κ2) is 8.02. The fourth-order valence-corrected chi connectivity index (χ4v) is 2.29.